The van der Waals surface area contributed by atoms with Gasteiger partial charge in [-0.3, -0.25) is 19.7 Å². The van der Waals surface area contributed by atoms with E-state index in [0.29, 0.717) is 31.5 Å². The molecule has 2 aliphatic carbocycles. The maximum absolute atomic E-state index is 13.1. The van der Waals surface area contributed by atoms with Gasteiger partial charge in [0.2, 0.25) is 17.7 Å². The lowest BCUT2D eigenvalue weighted by molar-refractivity contribution is -0.146. The maximum Gasteiger partial charge on any atom is 0.249 e. The van der Waals surface area contributed by atoms with Crippen molar-refractivity contribution >= 4 is 23.4 Å². The number of hydrogen-bond acceptors (Lipinski definition) is 5. The average Bonchev–Trinajstić information content (AvgIpc) is 3.70. The Labute approximate surface area is 215 Å². The van der Waals surface area contributed by atoms with Crippen LogP contribution in [0.3, 0.4) is 0 Å². The molecular weight excluding hydrogens is 452 g/mol. The van der Waals surface area contributed by atoms with Gasteiger partial charge in [-0.25, -0.2) is 0 Å². The van der Waals surface area contributed by atoms with Crippen LogP contribution in [0.25, 0.3) is 0 Å². The number of carbonyl (C=O) groups excluding carboxylic acids is 3. The van der Waals surface area contributed by atoms with Crippen LogP contribution < -0.4 is 15.5 Å². The van der Waals surface area contributed by atoms with Gasteiger partial charge in [-0.15, -0.1) is 0 Å². The third-order valence-electron chi connectivity index (χ3n) is 8.67. The standard InChI is InChI=1S/C29H42N4O3/c1-2-3-4-16-32(23-12-10-22(11-13-23)30-18-20-8-9-20)25-7-5-6-21-17-28(35)33(19-24(21)25)26-14-15-27(34)31-29(26)36/h5-7,20,22-23,26,30H,2-4,8-19H2,1H3,(H,31,34,36). The molecule has 0 bridgehead atoms. The highest BCUT2D eigenvalue weighted by Crippen LogP contribution is 2.36. The van der Waals surface area contributed by atoms with E-state index in [1.54, 1.807) is 4.90 Å². The molecule has 1 atom stereocenters. The van der Waals surface area contributed by atoms with Gasteiger partial charge in [0, 0.05) is 37.3 Å². The zero-order valence-corrected chi connectivity index (χ0v) is 21.8. The molecule has 2 aliphatic heterocycles. The highest BCUT2D eigenvalue weighted by Gasteiger charge is 2.38. The molecule has 7 nitrogen and oxygen atoms in total. The summed E-state index contributed by atoms with van der Waals surface area (Å²) in [5, 5.41) is 6.25. The van der Waals surface area contributed by atoms with E-state index in [0.717, 1.165) is 24.4 Å². The van der Waals surface area contributed by atoms with E-state index in [9.17, 15) is 14.4 Å². The summed E-state index contributed by atoms with van der Waals surface area (Å²) in [6.07, 6.45) is 12.2. The van der Waals surface area contributed by atoms with E-state index < -0.39 is 6.04 Å². The van der Waals surface area contributed by atoms with Crippen LogP contribution >= 0.6 is 0 Å². The number of amides is 3. The van der Waals surface area contributed by atoms with Crippen LogP contribution in [-0.4, -0.2) is 53.8 Å². The van der Waals surface area contributed by atoms with Crippen LogP contribution in [-0.2, 0) is 27.3 Å². The van der Waals surface area contributed by atoms with Crippen LogP contribution in [0.4, 0.5) is 5.69 Å². The molecule has 5 rings (SSSR count). The molecule has 36 heavy (non-hydrogen) atoms. The first-order valence-electron chi connectivity index (χ1n) is 14.3. The Hall–Kier alpha value is -2.41. The number of fused-ring (bicyclic) bond motifs is 1. The third-order valence-corrected chi connectivity index (χ3v) is 8.67. The summed E-state index contributed by atoms with van der Waals surface area (Å²) in [7, 11) is 0. The molecule has 1 aromatic carbocycles. The zero-order valence-electron chi connectivity index (χ0n) is 21.8. The lowest BCUT2D eigenvalue weighted by Crippen LogP contribution is -2.55. The zero-order chi connectivity index (χ0) is 25.1. The number of carbonyl (C=O) groups is 3. The number of nitrogens with zero attached hydrogens (tertiary/aromatic N) is 2. The van der Waals surface area contributed by atoms with Gasteiger partial charge < -0.3 is 15.1 Å². The fourth-order valence-electron chi connectivity index (χ4n) is 6.30. The minimum atomic E-state index is -0.557. The highest BCUT2D eigenvalue weighted by atomic mass is 16.2. The van der Waals surface area contributed by atoms with Gasteiger partial charge in [-0.2, -0.15) is 0 Å². The Morgan fingerprint density at radius 1 is 1.03 bits per heavy atom. The number of anilines is 1. The average molecular weight is 495 g/mol. The number of nitrogens with one attached hydrogen (secondary N) is 2. The van der Waals surface area contributed by atoms with Gasteiger partial charge in [-0.1, -0.05) is 31.9 Å². The van der Waals surface area contributed by atoms with E-state index in [1.165, 1.54) is 69.2 Å². The molecule has 2 heterocycles. The molecule has 1 aromatic rings. The largest absolute Gasteiger partial charge is 0.368 e. The minimum Gasteiger partial charge on any atom is -0.368 e. The second-order valence-electron chi connectivity index (χ2n) is 11.3. The first-order chi connectivity index (χ1) is 17.5. The Morgan fingerprint density at radius 2 is 1.83 bits per heavy atom. The molecule has 3 amide bonds. The maximum atomic E-state index is 13.1. The second-order valence-corrected chi connectivity index (χ2v) is 11.3. The number of imide groups is 1. The molecule has 4 aliphatic rings. The quantitative estimate of drug-likeness (QED) is 0.383. The molecule has 2 saturated carbocycles. The van der Waals surface area contributed by atoms with Crippen LogP contribution in [0.15, 0.2) is 18.2 Å². The monoisotopic (exact) mass is 494 g/mol. The molecule has 2 N–H and O–H groups in total. The first-order valence-corrected chi connectivity index (χ1v) is 14.3. The Kier molecular flexibility index (Phi) is 7.94. The van der Waals surface area contributed by atoms with Crippen molar-refractivity contribution in [3.63, 3.8) is 0 Å². The Morgan fingerprint density at radius 3 is 2.56 bits per heavy atom. The van der Waals surface area contributed by atoms with Gasteiger partial charge in [-0.05, 0) is 81.0 Å². The highest BCUT2D eigenvalue weighted by molar-refractivity contribution is 6.02. The first kappa shape index (κ1) is 25.2. The topological polar surface area (TPSA) is 81.8 Å². The number of rotatable bonds is 10. The second kappa shape index (κ2) is 11.3. The van der Waals surface area contributed by atoms with E-state index in [1.807, 2.05) is 0 Å². The molecule has 0 spiro atoms. The van der Waals surface area contributed by atoms with Gasteiger partial charge in [0.05, 0.1) is 6.42 Å². The van der Waals surface area contributed by atoms with Gasteiger partial charge in [0.15, 0.2) is 0 Å². The normalized spacial score (nSPS) is 26.5. The minimum absolute atomic E-state index is 0.0195. The van der Waals surface area contributed by atoms with Crippen molar-refractivity contribution in [1.29, 1.82) is 0 Å². The number of benzene rings is 1. The Bertz CT molecular complexity index is 967. The summed E-state index contributed by atoms with van der Waals surface area (Å²) in [5.74, 6) is 0.316. The molecule has 3 fully saturated rings. The molecule has 0 aromatic heterocycles. The summed E-state index contributed by atoms with van der Waals surface area (Å²) >= 11 is 0. The number of piperidine rings is 1. The van der Waals surface area contributed by atoms with Crippen molar-refractivity contribution in [3.8, 4) is 0 Å². The predicted octanol–water partition coefficient (Wildman–Crippen LogP) is 3.68. The summed E-state index contributed by atoms with van der Waals surface area (Å²) < 4.78 is 0. The lowest BCUT2D eigenvalue weighted by Gasteiger charge is -2.42. The molecule has 1 saturated heterocycles. The fourth-order valence-corrected chi connectivity index (χ4v) is 6.30. The van der Waals surface area contributed by atoms with E-state index in [4.69, 9.17) is 0 Å². The van der Waals surface area contributed by atoms with E-state index in [-0.39, 0.29) is 24.1 Å². The fraction of sp³-hybridized carbons (Fsp3) is 0.690. The van der Waals surface area contributed by atoms with Gasteiger partial charge >= 0.3 is 0 Å². The molecular formula is C29H42N4O3. The summed E-state index contributed by atoms with van der Waals surface area (Å²) in [6, 6.07) is 6.98. The van der Waals surface area contributed by atoms with Crippen molar-refractivity contribution in [1.82, 2.24) is 15.5 Å². The lowest BCUT2D eigenvalue weighted by atomic mass is 9.88. The molecule has 0 radical (unpaired) electrons. The van der Waals surface area contributed by atoms with Crippen LogP contribution in [0.1, 0.15) is 88.7 Å². The molecule has 196 valence electrons. The number of unbranched alkanes of at least 4 members (excludes halogenated alkanes) is 2. The molecule has 1 unspecified atom stereocenters. The number of hydrogen-bond donors (Lipinski definition) is 2. The van der Waals surface area contributed by atoms with Crippen LogP contribution in [0.5, 0.6) is 0 Å². The van der Waals surface area contributed by atoms with Crippen LogP contribution in [0.2, 0.25) is 0 Å². The van der Waals surface area contributed by atoms with E-state index >= 15 is 0 Å². The summed E-state index contributed by atoms with van der Waals surface area (Å²) in [6.45, 7) is 4.90. The molecule has 7 heteroatoms. The van der Waals surface area contributed by atoms with Crippen molar-refractivity contribution in [2.45, 2.75) is 109 Å². The van der Waals surface area contributed by atoms with E-state index in [2.05, 4.69) is 40.7 Å². The van der Waals surface area contributed by atoms with Crippen LogP contribution in [0, 0.1) is 5.92 Å². The third kappa shape index (κ3) is 5.77. The Balaban J connectivity index is 1.34. The van der Waals surface area contributed by atoms with Crippen molar-refractivity contribution in [2.75, 3.05) is 18.0 Å². The smallest absolute Gasteiger partial charge is 0.249 e. The van der Waals surface area contributed by atoms with Gasteiger partial charge in [0.25, 0.3) is 0 Å². The van der Waals surface area contributed by atoms with Crippen molar-refractivity contribution < 1.29 is 14.4 Å². The van der Waals surface area contributed by atoms with Gasteiger partial charge in [0.1, 0.15) is 6.04 Å². The predicted molar refractivity (Wildman–Crippen MR) is 141 cm³/mol. The summed E-state index contributed by atoms with van der Waals surface area (Å²) in [5.41, 5.74) is 3.51. The summed E-state index contributed by atoms with van der Waals surface area (Å²) in [4.78, 5) is 41.7. The van der Waals surface area contributed by atoms with Crippen molar-refractivity contribution in [3.05, 3.63) is 29.3 Å². The SMILES string of the molecule is CCCCCN(c1cccc2c1CN(C1CCC(=O)NC1=O)C(=O)C2)C1CCC(NCC2CC2)CC1. The van der Waals surface area contributed by atoms with Crippen molar-refractivity contribution in [2.24, 2.45) is 5.92 Å².